The van der Waals surface area contributed by atoms with Gasteiger partial charge in [0, 0.05) is 20.1 Å². The summed E-state index contributed by atoms with van der Waals surface area (Å²) >= 11 is 6.38. The van der Waals surface area contributed by atoms with Crippen molar-refractivity contribution in [1.82, 2.24) is 5.32 Å². The molecule has 0 aromatic heterocycles. The maximum atomic E-state index is 6.38. The minimum absolute atomic E-state index is 0.633. The van der Waals surface area contributed by atoms with E-state index in [-0.39, 0.29) is 0 Å². The molecule has 0 saturated heterocycles. The third kappa shape index (κ3) is 5.84. The first-order valence-electron chi connectivity index (χ1n) is 7.10. The fourth-order valence-corrected chi connectivity index (χ4v) is 2.47. The number of benzene rings is 1. The molecule has 1 N–H and O–H groups in total. The highest BCUT2D eigenvalue weighted by Crippen LogP contribution is 2.26. The van der Waals surface area contributed by atoms with Crippen molar-refractivity contribution in [2.75, 3.05) is 25.0 Å². The lowest BCUT2D eigenvalue weighted by Crippen LogP contribution is -2.23. The molecule has 0 fully saturated rings. The number of anilines is 1. The van der Waals surface area contributed by atoms with Crippen LogP contribution in [0.4, 0.5) is 5.69 Å². The Balaban J connectivity index is 2.63. The largest absolute Gasteiger partial charge is 0.373 e. The number of rotatable bonds is 7. The third-order valence-electron chi connectivity index (χ3n) is 2.94. The van der Waals surface area contributed by atoms with Gasteiger partial charge in [-0.2, -0.15) is 0 Å². The van der Waals surface area contributed by atoms with Crippen LogP contribution in [0.3, 0.4) is 0 Å². The van der Waals surface area contributed by atoms with Gasteiger partial charge in [-0.3, -0.25) is 0 Å². The minimum atomic E-state index is 0.633. The molecule has 19 heavy (non-hydrogen) atoms. The Bertz CT molecular complexity index is 388. The van der Waals surface area contributed by atoms with Gasteiger partial charge >= 0.3 is 0 Å². The van der Waals surface area contributed by atoms with Crippen molar-refractivity contribution in [2.24, 2.45) is 11.8 Å². The van der Waals surface area contributed by atoms with E-state index in [0.29, 0.717) is 11.8 Å². The average molecular weight is 283 g/mol. The van der Waals surface area contributed by atoms with Gasteiger partial charge < -0.3 is 10.2 Å². The van der Waals surface area contributed by atoms with Gasteiger partial charge in [-0.15, -0.1) is 0 Å². The quantitative estimate of drug-likeness (QED) is 0.807. The summed E-state index contributed by atoms with van der Waals surface area (Å²) in [6.45, 7) is 11.8. The van der Waals surface area contributed by atoms with Gasteiger partial charge in [-0.05, 0) is 36.1 Å². The normalized spacial score (nSPS) is 11.4. The molecule has 0 aliphatic carbocycles. The van der Waals surface area contributed by atoms with E-state index in [1.807, 2.05) is 0 Å². The number of halogens is 1. The zero-order chi connectivity index (χ0) is 14.4. The van der Waals surface area contributed by atoms with Crippen molar-refractivity contribution in [1.29, 1.82) is 0 Å². The molecular formula is C16H27ClN2. The van der Waals surface area contributed by atoms with Crippen LogP contribution in [-0.4, -0.2) is 20.1 Å². The molecule has 0 spiro atoms. The minimum Gasteiger partial charge on any atom is -0.373 e. The first kappa shape index (κ1) is 16.3. The van der Waals surface area contributed by atoms with Crippen LogP contribution >= 0.6 is 11.6 Å². The summed E-state index contributed by atoms with van der Waals surface area (Å²) in [6, 6.07) is 6.35. The van der Waals surface area contributed by atoms with Crippen LogP contribution in [-0.2, 0) is 6.54 Å². The van der Waals surface area contributed by atoms with Gasteiger partial charge in [0.2, 0.25) is 0 Å². The van der Waals surface area contributed by atoms with Gasteiger partial charge in [0.1, 0.15) is 0 Å². The molecule has 0 aliphatic heterocycles. The fourth-order valence-electron chi connectivity index (χ4n) is 2.12. The maximum Gasteiger partial charge on any atom is 0.0642 e. The molecular weight excluding hydrogens is 256 g/mol. The molecule has 0 saturated carbocycles. The smallest absolute Gasteiger partial charge is 0.0642 e. The second kappa shape index (κ2) is 7.76. The zero-order valence-corrected chi connectivity index (χ0v) is 13.6. The summed E-state index contributed by atoms with van der Waals surface area (Å²) in [7, 11) is 2.10. The second-order valence-corrected chi connectivity index (χ2v) is 6.49. The lowest BCUT2D eigenvalue weighted by Gasteiger charge is -2.23. The Morgan fingerprint density at radius 1 is 1.16 bits per heavy atom. The van der Waals surface area contributed by atoms with Gasteiger partial charge in [0.05, 0.1) is 10.7 Å². The van der Waals surface area contributed by atoms with E-state index in [1.165, 1.54) is 5.56 Å². The molecule has 0 unspecified atom stereocenters. The van der Waals surface area contributed by atoms with Crippen LogP contribution in [0.2, 0.25) is 5.02 Å². The first-order chi connectivity index (χ1) is 8.90. The standard InChI is InChI=1S/C16H27ClN2/c1-12(2)9-18-10-14-6-7-16(15(17)8-14)19(5)11-13(3)4/h6-8,12-13,18H,9-11H2,1-5H3. The van der Waals surface area contributed by atoms with E-state index in [0.717, 1.165) is 30.3 Å². The summed E-state index contributed by atoms with van der Waals surface area (Å²) < 4.78 is 0. The summed E-state index contributed by atoms with van der Waals surface area (Å²) in [5.74, 6) is 1.31. The van der Waals surface area contributed by atoms with Gasteiger partial charge in [-0.1, -0.05) is 45.4 Å². The van der Waals surface area contributed by atoms with E-state index < -0.39 is 0 Å². The Kier molecular flexibility index (Phi) is 6.67. The maximum absolute atomic E-state index is 6.38. The van der Waals surface area contributed by atoms with E-state index in [1.54, 1.807) is 0 Å². The monoisotopic (exact) mass is 282 g/mol. The summed E-state index contributed by atoms with van der Waals surface area (Å²) in [5.41, 5.74) is 2.36. The highest BCUT2D eigenvalue weighted by Gasteiger charge is 2.08. The van der Waals surface area contributed by atoms with Gasteiger partial charge in [-0.25, -0.2) is 0 Å². The van der Waals surface area contributed by atoms with E-state index >= 15 is 0 Å². The average Bonchev–Trinajstić information content (AvgIpc) is 2.27. The predicted octanol–water partition coefficient (Wildman–Crippen LogP) is 4.18. The van der Waals surface area contributed by atoms with Crippen molar-refractivity contribution >= 4 is 17.3 Å². The summed E-state index contributed by atoms with van der Waals surface area (Å²) in [6.07, 6.45) is 0. The zero-order valence-electron chi connectivity index (χ0n) is 12.8. The molecule has 0 aliphatic rings. The van der Waals surface area contributed by atoms with Crippen molar-refractivity contribution in [3.8, 4) is 0 Å². The number of nitrogens with one attached hydrogen (secondary N) is 1. The van der Waals surface area contributed by atoms with Gasteiger partial charge in [0.25, 0.3) is 0 Å². The van der Waals surface area contributed by atoms with Crippen LogP contribution in [0, 0.1) is 11.8 Å². The fraction of sp³-hybridized carbons (Fsp3) is 0.625. The molecule has 108 valence electrons. The number of nitrogens with zero attached hydrogens (tertiary/aromatic N) is 1. The van der Waals surface area contributed by atoms with E-state index in [4.69, 9.17) is 11.6 Å². The number of hydrogen-bond acceptors (Lipinski definition) is 2. The highest BCUT2D eigenvalue weighted by molar-refractivity contribution is 6.33. The summed E-state index contributed by atoms with van der Waals surface area (Å²) in [4.78, 5) is 2.22. The molecule has 3 heteroatoms. The lowest BCUT2D eigenvalue weighted by molar-refractivity contribution is 0.552. The van der Waals surface area contributed by atoms with Crippen LogP contribution in [0.25, 0.3) is 0 Å². The molecule has 1 rings (SSSR count). The molecule has 0 bridgehead atoms. The van der Waals surface area contributed by atoms with Crippen molar-refractivity contribution < 1.29 is 0 Å². The molecule has 0 atom stereocenters. The topological polar surface area (TPSA) is 15.3 Å². The molecule has 1 aromatic carbocycles. The first-order valence-corrected chi connectivity index (χ1v) is 7.48. The van der Waals surface area contributed by atoms with Crippen LogP contribution in [0.5, 0.6) is 0 Å². The molecule has 0 radical (unpaired) electrons. The number of hydrogen-bond donors (Lipinski definition) is 1. The van der Waals surface area contributed by atoms with Crippen molar-refractivity contribution in [3.05, 3.63) is 28.8 Å². The van der Waals surface area contributed by atoms with E-state index in [2.05, 4.69) is 63.2 Å². The summed E-state index contributed by atoms with van der Waals surface area (Å²) in [5, 5.41) is 4.28. The van der Waals surface area contributed by atoms with Crippen molar-refractivity contribution in [3.63, 3.8) is 0 Å². The predicted molar refractivity (Wildman–Crippen MR) is 86.1 cm³/mol. The molecule has 1 aromatic rings. The van der Waals surface area contributed by atoms with Crippen molar-refractivity contribution in [2.45, 2.75) is 34.2 Å². The molecule has 0 heterocycles. The van der Waals surface area contributed by atoms with Crippen LogP contribution in [0.1, 0.15) is 33.3 Å². The Labute approximate surface area is 123 Å². The molecule has 0 amide bonds. The van der Waals surface area contributed by atoms with Crippen LogP contribution < -0.4 is 10.2 Å². The molecule has 2 nitrogen and oxygen atoms in total. The lowest BCUT2D eigenvalue weighted by atomic mass is 10.1. The Morgan fingerprint density at radius 2 is 1.84 bits per heavy atom. The van der Waals surface area contributed by atoms with Gasteiger partial charge in [0.15, 0.2) is 0 Å². The van der Waals surface area contributed by atoms with Crippen LogP contribution in [0.15, 0.2) is 18.2 Å². The Hall–Kier alpha value is -0.730. The third-order valence-corrected chi connectivity index (χ3v) is 3.25. The Morgan fingerprint density at radius 3 is 2.37 bits per heavy atom. The highest BCUT2D eigenvalue weighted by atomic mass is 35.5. The van der Waals surface area contributed by atoms with E-state index in [9.17, 15) is 0 Å². The SMILES string of the molecule is CC(C)CNCc1ccc(N(C)CC(C)C)c(Cl)c1. The second-order valence-electron chi connectivity index (χ2n) is 6.08.